The maximum atomic E-state index is 11.4. The van der Waals surface area contributed by atoms with Crippen molar-refractivity contribution in [2.24, 2.45) is 0 Å². The molecular formula is C10H15ClN4O3. The fraction of sp³-hybridized carbons (Fsp3) is 0.500. The van der Waals surface area contributed by atoms with E-state index in [2.05, 4.69) is 15.7 Å². The van der Waals surface area contributed by atoms with Crippen molar-refractivity contribution in [2.45, 2.75) is 13.0 Å². The molecule has 1 aromatic rings. The Bertz CT molecular complexity index is 408. The third-order valence-corrected chi connectivity index (χ3v) is 2.18. The SMILES string of the molecule is COCCn1cc(NC(=O)NC(=O)CCCl)cn1. The first-order chi connectivity index (χ1) is 8.65. The molecular weight excluding hydrogens is 260 g/mol. The lowest BCUT2D eigenvalue weighted by Crippen LogP contribution is -2.34. The summed E-state index contributed by atoms with van der Waals surface area (Å²) in [4.78, 5) is 22.5. The Labute approximate surface area is 109 Å². The predicted molar refractivity (Wildman–Crippen MR) is 66.6 cm³/mol. The molecule has 0 unspecified atom stereocenters. The third kappa shape index (κ3) is 5.15. The van der Waals surface area contributed by atoms with Gasteiger partial charge in [0, 0.05) is 25.6 Å². The molecule has 2 N–H and O–H groups in total. The van der Waals surface area contributed by atoms with E-state index >= 15 is 0 Å². The van der Waals surface area contributed by atoms with E-state index in [0.29, 0.717) is 18.8 Å². The van der Waals surface area contributed by atoms with Crippen LogP contribution < -0.4 is 10.6 Å². The van der Waals surface area contributed by atoms with Crippen molar-refractivity contribution in [3.8, 4) is 0 Å². The Morgan fingerprint density at radius 3 is 3.00 bits per heavy atom. The number of hydrogen-bond acceptors (Lipinski definition) is 4. The van der Waals surface area contributed by atoms with Crippen molar-refractivity contribution >= 4 is 29.2 Å². The fourth-order valence-corrected chi connectivity index (χ4v) is 1.34. The fourth-order valence-electron chi connectivity index (χ4n) is 1.17. The molecule has 0 saturated carbocycles. The minimum absolute atomic E-state index is 0.0993. The van der Waals surface area contributed by atoms with Crippen molar-refractivity contribution < 1.29 is 14.3 Å². The van der Waals surface area contributed by atoms with Crippen LogP contribution >= 0.6 is 11.6 Å². The van der Waals surface area contributed by atoms with Gasteiger partial charge in [-0.2, -0.15) is 5.10 Å². The molecule has 1 aromatic heterocycles. The van der Waals surface area contributed by atoms with Crippen molar-refractivity contribution in [2.75, 3.05) is 24.9 Å². The first-order valence-corrected chi connectivity index (χ1v) is 5.87. The zero-order chi connectivity index (χ0) is 13.4. The number of imide groups is 1. The Morgan fingerprint density at radius 1 is 1.56 bits per heavy atom. The first kappa shape index (κ1) is 14.5. The molecule has 0 aromatic carbocycles. The standard InChI is InChI=1S/C10H15ClN4O3/c1-18-5-4-15-7-8(6-12-15)13-10(17)14-9(16)2-3-11/h6-7H,2-5H2,1H3,(H2,13,14,16,17). The summed E-state index contributed by atoms with van der Waals surface area (Å²) in [5.41, 5.74) is 0.502. The van der Waals surface area contributed by atoms with Crippen LogP contribution in [0.1, 0.15) is 6.42 Å². The number of alkyl halides is 1. The summed E-state index contributed by atoms with van der Waals surface area (Å²) in [6.45, 7) is 1.12. The van der Waals surface area contributed by atoms with Gasteiger partial charge < -0.3 is 10.1 Å². The largest absolute Gasteiger partial charge is 0.383 e. The van der Waals surface area contributed by atoms with Crippen molar-refractivity contribution in [1.29, 1.82) is 0 Å². The van der Waals surface area contributed by atoms with E-state index in [-0.39, 0.29) is 12.3 Å². The highest BCUT2D eigenvalue weighted by atomic mass is 35.5. The molecule has 18 heavy (non-hydrogen) atoms. The molecule has 8 heteroatoms. The predicted octanol–water partition coefficient (Wildman–Crippen LogP) is 0.806. The molecule has 1 heterocycles. The molecule has 1 rings (SSSR count). The van der Waals surface area contributed by atoms with Gasteiger partial charge >= 0.3 is 6.03 Å². The van der Waals surface area contributed by atoms with Gasteiger partial charge in [-0.3, -0.25) is 14.8 Å². The number of urea groups is 1. The number of carbonyl (C=O) groups excluding carboxylic acids is 2. The Hall–Kier alpha value is -1.60. The minimum atomic E-state index is -0.601. The van der Waals surface area contributed by atoms with Gasteiger partial charge in [0.2, 0.25) is 5.91 Å². The quantitative estimate of drug-likeness (QED) is 0.752. The van der Waals surface area contributed by atoms with Gasteiger partial charge in [-0.1, -0.05) is 0 Å². The summed E-state index contributed by atoms with van der Waals surface area (Å²) < 4.78 is 6.52. The molecule has 0 saturated heterocycles. The van der Waals surface area contributed by atoms with Crippen LogP contribution in [0, 0.1) is 0 Å². The first-order valence-electron chi connectivity index (χ1n) is 5.34. The van der Waals surface area contributed by atoms with Gasteiger partial charge in [0.15, 0.2) is 0 Å². The zero-order valence-corrected chi connectivity index (χ0v) is 10.7. The second-order valence-corrected chi connectivity index (χ2v) is 3.80. The van der Waals surface area contributed by atoms with Crippen LogP contribution in [0.15, 0.2) is 12.4 Å². The van der Waals surface area contributed by atoms with E-state index in [0.717, 1.165) is 0 Å². The van der Waals surface area contributed by atoms with Crippen molar-refractivity contribution in [3.05, 3.63) is 12.4 Å². The highest BCUT2D eigenvalue weighted by Crippen LogP contribution is 2.04. The maximum Gasteiger partial charge on any atom is 0.325 e. The minimum Gasteiger partial charge on any atom is -0.383 e. The summed E-state index contributed by atoms with van der Waals surface area (Å²) in [6.07, 6.45) is 3.23. The molecule has 7 nitrogen and oxygen atoms in total. The molecule has 0 spiro atoms. The number of halogens is 1. The highest BCUT2D eigenvalue weighted by Gasteiger charge is 2.08. The van der Waals surface area contributed by atoms with Crippen LogP contribution in [-0.2, 0) is 16.1 Å². The maximum absolute atomic E-state index is 11.4. The average Bonchev–Trinajstić information content (AvgIpc) is 2.74. The molecule has 0 aliphatic rings. The Kier molecular flexibility index (Phi) is 6.16. The molecule has 0 fully saturated rings. The topological polar surface area (TPSA) is 85.2 Å². The number of methoxy groups -OCH3 is 1. The number of anilines is 1. The molecule has 0 aliphatic heterocycles. The van der Waals surface area contributed by atoms with E-state index in [4.69, 9.17) is 16.3 Å². The smallest absolute Gasteiger partial charge is 0.325 e. The number of nitrogens with zero attached hydrogens (tertiary/aromatic N) is 2. The van der Waals surface area contributed by atoms with Crippen LogP contribution in [0.5, 0.6) is 0 Å². The molecule has 0 aliphatic carbocycles. The van der Waals surface area contributed by atoms with Crippen LogP contribution in [0.3, 0.4) is 0 Å². The van der Waals surface area contributed by atoms with Gasteiger partial charge in [-0.25, -0.2) is 4.79 Å². The summed E-state index contributed by atoms with van der Waals surface area (Å²) in [7, 11) is 1.60. The number of amides is 3. The normalized spacial score (nSPS) is 10.1. The van der Waals surface area contributed by atoms with E-state index in [1.165, 1.54) is 6.20 Å². The number of aromatic nitrogens is 2. The van der Waals surface area contributed by atoms with E-state index in [1.807, 2.05) is 0 Å². The lowest BCUT2D eigenvalue weighted by atomic mass is 10.4. The van der Waals surface area contributed by atoms with E-state index in [9.17, 15) is 9.59 Å². The molecule has 0 atom stereocenters. The number of rotatable bonds is 6. The molecule has 0 radical (unpaired) electrons. The Balaban J connectivity index is 2.39. The number of carbonyl (C=O) groups is 2. The van der Waals surface area contributed by atoms with Crippen LogP contribution in [0.4, 0.5) is 10.5 Å². The zero-order valence-electron chi connectivity index (χ0n) is 9.98. The average molecular weight is 275 g/mol. The molecule has 0 bridgehead atoms. The van der Waals surface area contributed by atoms with Crippen molar-refractivity contribution in [3.63, 3.8) is 0 Å². The van der Waals surface area contributed by atoms with Crippen LogP contribution in [0.2, 0.25) is 0 Å². The van der Waals surface area contributed by atoms with Gasteiger partial charge in [0.05, 0.1) is 25.0 Å². The van der Waals surface area contributed by atoms with Crippen LogP contribution in [-0.4, -0.2) is 41.3 Å². The van der Waals surface area contributed by atoms with Crippen molar-refractivity contribution in [1.82, 2.24) is 15.1 Å². The molecule has 100 valence electrons. The van der Waals surface area contributed by atoms with Gasteiger partial charge in [0.1, 0.15) is 0 Å². The summed E-state index contributed by atoms with van der Waals surface area (Å²) in [5.74, 6) is -0.247. The molecule has 3 amide bonds. The highest BCUT2D eigenvalue weighted by molar-refractivity contribution is 6.19. The van der Waals surface area contributed by atoms with E-state index in [1.54, 1.807) is 18.0 Å². The number of hydrogen-bond donors (Lipinski definition) is 2. The van der Waals surface area contributed by atoms with Gasteiger partial charge in [-0.15, -0.1) is 11.6 Å². The number of nitrogens with one attached hydrogen (secondary N) is 2. The Morgan fingerprint density at radius 2 is 2.33 bits per heavy atom. The van der Waals surface area contributed by atoms with Gasteiger partial charge in [0.25, 0.3) is 0 Å². The lowest BCUT2D eigenvalue weighted by molar-refractivity contribution is -0.119. The second-order valence-electron chi connectivity index (χ2n) is 3.43. The lowest BCUT2D eigenvalue weighted by Gasteiger charge is -2.03. The monoisotopic (exact) mass is 274 g/mol. The summed E-state index contributed by atoms with van der Waals surface area (Å²) >= 11 is 5.37. The second kappa shape index (κ2) is 7.67. The van der Waals surface area contributed by atoms with Crippen LogP contribution in [0.25, 0.3) is 0 Å². The summed E-state index contributed by atoms with van der Waals surface area (Å²) in [6, 6.07) is -0.601. The number of ether oxygens (including phenoxy) is 1. The van der Waals surface area contributed by atoms with E-state index < -0.39 is 11.9 Å². The third-order valence-electron chi connectivity index (χ3n) is 1.99. The summed E-state index contributed by atoms with van der Waals surface area (Å²) in [5, 5.41) is 8.65. The van der Waals surface area contributed by atoms with Gasteiger partial charge in [-0.05, 0) is 0 Å².